The van der Waals surface area contributed by atoms with E-state index in [1.54, 1.807) is 24.5 Å². The van der Waals surface area contributed by atoms with E-state index in [0.717, 1.165) is 11.1 Å². The molecule has 0 bridgehead atoms. The van der Waals surface area contributed by atoms with Crippen molar-refractivity contribution in [2.75, 3.05) is 0 Å². The minimum Gasteiger partial charge on any atom is -0.339 e. The van der Waals surface area contributed by atoms with Crippen LogP contribution in [0.1, 0.15) is 11.5 Å². The number of pyridine rings is 1. The summed E-state index contributed by atoms with van der Waals surface area (Å²) in [5, 5.41) is 3.91. The van der Waals surface area contributed by atoms with Crippen LogP contribution in [0.2, 0.25) is 0 Å². The van der Waals surface area contributed by atoms with Crippen molar-refractivity contribution < 1.29 is 8.91 Å². The monoisotopic (exact) mass is 255 g/mol. The Morgan fingerprint density at radius 1 is 1.00 bits per heavy atom. The van der Waals surface area contributed by atoms with Gasteiger partial charge in [-0.1, -0.05) is 17.3 Å². The summed E-state index contributed by atoms with van der Waals surface area (Å²) in [6, 6.07) is 9.85. The minimum absolute atomic E-state index is 0.258. The Labute approximate surface area is 108 Å². The number of nitrogens with zero attached hydrogens (tertiary/aromatic N) is 3. The van der Waals surface area contributed by atoms with E-state index in [9.17, 15) is 4.39 Å². The van der Waals surface area contributed by atoms with Crippen molar-refractivity contribution in [3.63, 3.8) is 0 Å². The Morgan fingerprint density at radius 2 is 1.74 bits per heavy atom. The predicted molar refractivity (Wildman–Crippen MR) is 66.7 cm³/mol. The van der Waals surface area contributed by atoms with Crippen LogP contribution in [0, 0.1) is 5.82 Å². The van der Waals surface area contributed by atoms with Crippen LogP contribution >= 0.6 is 0 Å². The lowest BCUT2D eigenvalue weighted by molar-refractivity contribution is 0.385. The van der Waals surface area contributed by atoms with Crippen LogP contribution in [0.15, 0.2) is 53.3 Å². The maximum absolute atomic E-state index is 12.8. The largest absolute Gasteiger partial charge is 0.339 e. The molecule has 5 heteroatoms. The SMILES string of the molecule is Fc1ccc(Cc2nc(-c3ccncc3)no2)cc1. The standard InChI is InChI=1S/C14H10FN3O/c15-12-3-1-10(2-4-12)9-13-17-14(18-19-13)11-5-7-16-8-6-11/h1-8H,9H2. The fourth-order valence-electron chi connectivity index (χ4n) is 1.72. The van der Waals surface area contributed by atoms with Crippen LogP contribution < -0.4 is 0 Å². The molecule has 1 aromatic carbocycles. The van der Waals surface area contributed by atoms with Gasteiger partial charge in [-0.25, -0.2) is 4.39 Å². The predicted octanol–water partition coefficient (Wildman–Crippen LogP) is 2.86. The van der Waals surface area contributed by atoms with Crippen molar-refractivity contribution in [1.82, 2.24) is 15.1 Å². The van der Waals surface area contributed by atoms with E-state index in [2.05, 4.69) is 15.1 Å². The first kappa shape index (κ1) is 11.5. The molecule has 0 amide bonds. The zero-order valence-electron chi connectivity index (χ0n) is 9.95. The van der Waals surface area contributed by atoms with Crippen LogP contribution in [0.4, 0.5) is 4.39 Å². The Bertz CT molecular complexity index is 665. The van der Waals surface area contributed by atoms with Gasteiger partial charge in [-0.15, -0.1) is 0 Å². The average molecular weight is 255 g/mol. The van der Waals surface area contributed by atoms with E-state index in [1.165, 1.54) is 12.1 Å². The van der Waals surface area contributed by atoms with Gasteiger partial charge in [-0.3, -0.25) is 4.98 Å². The van der Waals surface area contributed by atoms with Gasteiger partial charge in [0.2, 0.25) is 11.7 Å². The molecule has 2 heterocycles. The highest BCUT2D eigenvalue weighted by molar-refractivity contribution is 5.52. The Balaban J connectivity index is 1.80. The molecular weight excluding hydrogens is 245 g/mol. The van der Waals surface area contributed by atoms with Gasteiger partial charge in [-0.05, 0) is 29.8 Å². The van der Waals surface area contributed by atoms with Gasteiger partial charge < -0.3 is 4.52 Å². The van der Waals surface area contributed by atoms with Crippen LogP contribution in [0.25, 0.3) is 11.4 Å². The van der Waals surface area contributed by atoms with Crippen LogP contribution in [0.3, 0.4) is 0 Å². The summed E-state index contributed by atoms with van der Waals surface area (Å²) in [4.78, 5) is 8.23. The average Bonchev–Trinajstić information content (AvgIpc) is 2.91. The summed E-state index contributed by atoms with van der Waals surface area (Å²) in [6.45, 7) is 0. The summed E-state index contributed by atoms with van der Waals surface area (Å²) in [5.41, 5.74) is 1.77. The Kier molecular flexibility index (Phi) is 3.02. The second-order valence-corrected chi connectivity index (χ2v) is 4.05. The third kappa shape index (κ3) is 2.65. The molecule has 4 nitrogen and oxygen atoms in total. The van der Waals surface area contributed by atoms with E-state index in [-0.39, 0.29) is 5.82 Å². The molecule has 0 saturated carbocycles. The Morgan fingerprint density at radius 3 is 2.47 bits per heavy atom. The lowest BCUT2D eigenvalue weighted by Crippen LogP contribution is -1.89. The third-order valence-corrected chi connectivity index (χ3v) is 2.68. The third-order valence-electron chi connectivity index (χ3n) is 2.68. The van der Waals surface area contributed by atoms with Crippen molar-refractivity contribution in [2.45, 2.75) is 6.42 Å². The Hall–Kier alpha value is -2.56. The maximum Gasteiger partial charge on any atom is 0.231 e. The first-order chi connectivity index (χ1) is 9.31. The normalized spacial score (nSPS) is 10.6. The maximum atomic E-state index is 12.8. The molecule has 0 aliphatic heterocycles. The molecule has 3 rings (SSSR count). The first-order valence-electron chi connectivity index (χ1n) is 5.79. The molecule has 0 spiro atoms. The quantitative estimate of drug-likeness (QED) is 0.722. The lowest BCUT2D eigenvalue weighted by atomic mass is 10.1. The number of halogens is 1. The second kappa shape index (κ2) is 4.97. The molecule has 19 heavy (non-hydrogen) atoms. The first-order valence-corrected chi connectivity index (χ1v) is 5.79. The van der Waals surface area contributed by atoms with E-state index >= 15 is 0 Å². The smallest absolute Gasteiger partial charge is 0.231 e. The molecule has 0 aliphatic carbocycles. The molecule has 0 aliphatic rings. The molecule has 0 saturated heterocycles. The highest BCUT2D eigenvalue weighted by Gasteiger charge is 2.08. The summed E-state index contributed by atoms with van der Waals surface area (Å²) in [6.07, 6.45) is 3.83. The van der Waals surface area contributed by atoms with E-state index in [4.69, 9.17) is 4.52 Å². The fourth-order valence-corrected chi connectivity index (χ4v) is 1.72. The van der Waals surface area contributed by atoms with E-state index in [0.29, 0.717) is 18.1 Å². The van der Waals surface area contributed by atoms with Crippen molar-refractivity contribution in [1.29, 1.82) is 0 Å². The zero-order valence-corrected chi connectivity index (χ0v) is 9.95. The molecule has 2 aromatic heterocycles. The molecule has 0 atom stereocenters. The van der Waals surface area contributed by atoms with Gasteiger partial charge in [-0.2, -0.15) is 4.98 Å². The van der Waals surface area contributed by atoms with Gasteiger partial charge in [0, 0.05) is 18.0 Å². The van der Waals surface area contributed by atoms with Gasteiger partial charge >= 0.3 is 0 Å². The summed E-state index contributed by atoms with van der Waals surface area (Å²) >= 11 is 0. The molecule has 0 N–H and O–H groups in total. The van der Waals surface area contributed by atoms with Gasteiger partial charge in [0.1, 0.15) is 5.82 Å². The second-order valence-electron chi connectivity index (χ2n) is 4.05. The topological polar surface area (TPSA) is 51.8 Å². The van der Waals surface area contributed by atoms with Crippen molar-refractivity contribution in [3.8, 4) is 11.4 Å². The number of hydrogen-bond donors (Lipinski definition) is 0. The fraction of sp³-hybridized carbons (Fsp3) is 0.0714. The van der Waals surface area contributed by atoms with Crippen LogP contribution in [-0.2, 0) is 6.42 Å². The van der Waals surface area contributed by atoms with E-state index in [1.807, 2.05) is 12.1 Å². The molecule has 0 fully saturated rings. The minimum atomic E-state index is -0.258. The van der Waals surface area contributed by atoms with Gasteiger partial charge in [0.05, 0.1) is 6.42 Å². The summed E-state index contributed by atoms with van der Waals surface area (Å²) < 4.78 is 18.0. The van der Waals surface area contributed by atoms with Gasteiger partial charge in [0.15, 0.2) is 0 Å². The summed E-state index contributed by atoms with van der Waals surface area (Å²) in [7, 11) is 0. The van der Waals surface area contributed by atoms with Crippen molar-refractivity contribution in [2.24, 2.45) is 0 Å². The van der Waals surface area contributed by atoms with Gasteiger partial charge in [0.25, 0.3) is 0 Å². The van der Waals surface area contributed by atoms with Crippen LogP contribution in [-0.4, -0.2) is 15.1 Å². The number of hydrogen-bond acceptors (Lipinski definition) is 4. The number of benzene rings is 1. The lowest BCUT2D eigenvalue weighted by Gasteiger charge is -1.95. The number of rotatable bonds is 3. The van der Waals surface area contributed by atoms with Crippen molar-refractivity contribution in [3.05, 3.63) is 66.1 Å². The van der Waals surface area contributed by atoms with Crippen molar-refractivity contribution >= 4 is 0 Å². The molecule has 0 unspecified atom stereocenters. The highest BCUT2D eigenvalue weighted by atomic mass is 19.1. The number of aromatic nitrogens is 3. The molecular formula is C14H10FN3O. The summed E-state index contributed by atoms with van der Waals surface area (Å²) in [5.74, 6) is 0.768. The molecule has 3 aromatic rings. The van der Waals surface area contributed by atoms with E-state index < -0.39 is 0 Å². The molecule has 94 valence electrons. The van der Waals surface area contributed by atoms with Crippen LogP contribution in [0.5, 0.6) is 0 Å². The highest BCUT2D eigenvalue weighted by Crippen LogP contribution is 2.16. The zero-order chi connectivity index (χ0) is 13.1. The molecule has 0 radical (unpaired) electrons.